The van der Waals surface area contributed by atoms with Crippen LogP contribution in [0.1, 0.15) is 11.1 Å². The van der Waals surface area contributed by atoms with Crippen molar-refractivity contribution >= 4 is 28.7 Å². The van der Waals surface area contributed by atoms with Gasteiger partial charge in [-0.2, -0.15) is 0 Å². The summed E-state index contributed by atoms with van der Waals surface area (Å²) in [6.45, 7) is 3.10. The molecule has 0 spiro atoms. The molecular weight excluding hydrogens is 369 g/mol. The molecule has 0 saturated carbocycles. The molecule has 1 saturated heterocycles. The summed E-state index contributed by atoms with van der Waals surface area (Å²) in [5, 5.41) is 12.6. The van der Waals surface area contributed by atoms with Crippen molar-refractivity contribution in [3.63, 3.8) is 0 Å². The number of rotatable bonds is 2. The summed E-state index contributed by atoms with van der Waals surface area (Å²) in [6.07, 6.45) is 0.727. The number of morpholine rings is 1. The molecule has 4 nitrogen and oxygen atoms in total. The fraction of sp³-hybridized carbons (Fsp3) is 0.217. The molecule has 2 aliphatic rings. The van der Waals surface area contributed by atoms with E-state index in [1.54, 1.807) is 12.1 Å². The zero-order chi connectivity index (χ0) is 19.1. The third kappa shape index (κ3) is 2.76. The number of fused-ring (bicyclic) bond motifs is 2. The fourth-order valence-electron chi connectivity index (χ4n) is 4.26. The Balaban J connectivity index is 1.73. The number of phenols is 1. The van der Waals surface area contributed by atoms with Gasteiger partial charge in [-0.05, 0) is 41.8 Å². The van der Waals surface area contributed by atoms with Crippen LogP contribution in [0, 0.1) is 0 Å². The second kappa shape index (κ2) is 6.80. The molecule has 0 aliphatic carbocycles. The molecule has 1 atom stereocenters. The molecule has 0 radical (unpaired) electrons. The highest BCUT2D eigenvalue weighted by Gasteiger charge is 2.38. The second-order valence-corrected chi connectivity index (χ2v) is 10.0. The van der Waals surface area contributed by atoms with E-state index in [0.717, 1.165) is 52.2 Å². The van der Waals surface area contributed by atoms with Gasteiger partial charge < -0.3 is 19.3 Å². The Morgan fingerprint density at radius 1 is 0.857 bits per heavy atom. The SMILES string of the molecule is O=P1(c2ccccc2)c2cc(O)ccc2Cc2ccc(N3CCOCC3)cc21. The fourth-order valence-corrected chi connectivity index (χ4v) is 7.41. The molecule has 0 bridgehead atoms. The topological polar surface area (TPSA) is 49.8 Å². The highest BCUT2D eigenvalue weighted by Crippen LogP contribution is 2.48. The van der Waals surface area contributed by atoms with Gasteiger partial charge in [0.1, 0.15) is 5.75 Å². The highest BCUT2D eigenvalue weighted by molar-refractivity contribution is 7.85. The number of nitrogens with zero attached hydrogens (tertiary/aromatic N) is 1. The maximum Gasteiger partial charge on any atom is 0.171 e. The molecule has 28 heavy (non-hydrogen) atoms. The Morgan fingerprint density at radius 3 is 2.29 bits per heavy atom. The van der Waals surface area contributed by atoms with Crippen molar-refractivity contribution in [1.29, 1.82) is 0 Å². The van der Waals surface area contributed by atoms with E-state index >= 15 is 0 Å². The van der Waals surface area contributed by atoms with Gasteiger partial charge in [0.2, 0.25) is 0 Å². The molecule has 2 heterocycles. The highest BCUT2D eigenvalue weighted by atomic mass is 31.2. The molecule has 3 aromatic carbocycles. The number of benzene rings is 3. The van der Waals surface area contributed by atoms with Crippen molar-refractivity contribution in [2.45, 2.75) is 6.42 Å². The van der Waals surface area contributed by atoms with Gasteiger partial charge in [-0.15, -0.1) is 0 Å². The van der Waals surface area contributed by atoms with Crippen LogP contribution >= 0.6 is 7.14 Å². The maximum atomic E-state index is 14.7. The summed E-state index contributed by atoms with van der Waals surface area (Å²) in [6, 6.07) is 21.3. The summed E-state index contributed by atoms with van der Waals surface area (Å²) in [5.41, 5.74) is 3.21. The number of ether oxygens (including phenoxy) is 1. The lowest BCUT2D eigenvalue weighted by Crippen LogP contribution is -2.38. The van der Waals surface area contributed by atoms with Gasteiger partial charge in [-0.25, -0.2) is 0 Å². The van der Waals surface area contributed by atoms with Gasteiger partial charge in [0.15, 0.2) is 7.14 Å². The minimum Gasteiger partial charge on any atom is -0.508 e. The van der Waals surface area contributed by atoms with Crippen molar-refractivity contribution in [1.82, 2.24) is 0 Å². The molecule has 1 N–H and O–H groups in total. The maximum absolute atomic E-state index is 14.7. The third-order valence-electron chi connectivity index (χ3n) is 5.69. The lowest BCUT2D eigenvalue weighted by molar-refractivity contribution is 0.122. The molecule has 2 aliphatic heterocycles. The van der Waals surface area contributed by atoms with Crippen molar-refractivity contribution in [3.8, 4) is 5.75 Å². The first kappa shape index (κ1) is 17.5. The van der Waals surface area contributed by atoms with E-state index in [4.69, 9.17) is 4.74 Å². The lowest BCUT2D eigenvalue weighted by Gasteiger charge is -2.33. The van der Waals surface area contributed by atoms with Crippen molar-refractivity contribution < 1.29 is 14.4 Å². The smallest absolute Gasteiger partial charge is 0.171 e. The summed E-state index contributed by atoms with van der Waals surface area (Å²) in [7, 11) is -3.07. The Hall–Kier alpha value is -2.55. The average molecular weight is 391 g/mol. The van der Waals surface area contributed by atoms with Crippen LogP contribution in [-0.4, -0.2) is 31.4 Å². The largest absolute Gasteiger partial charge is 0.508 e. The molecule has 1 fully saturated rings. The molecule has 5 rings (SSSR count). The van der Waals surface area contributed by atoms with E-state index in [1.165, 1.54) is 0 Å². The third-order valence-corrected chi connectivity index (χ3v) is 8.91. The number of aromatic hydroxyl groups is 1. The van der Waals surface area contributed by atoms with Gasteiger partial charge in [0.05, 0.1) is 13.2 Å². The Labute approximate surface area is 164 Å². The summed E-state index contributed by atoms with van der Waals surface area (Å²) < 4.78 is 20.2. The Bertz CT molecular complexity index is 1070. The monoisotopic (exact) mass is 391 g/mol. The van der Waals surface area contributed by atoms with Crippen LogP contribution in [0.5, 0.6) is 5.75 Å². The normalized spacial score (nSPS) is 21.1. The quantitative estimate of drug-likeness (QED) is 0.534. The summed E-state index contributed by atoms with van der Waals surface area (Å²) in [5.74, 6) is 0.155. The first-order valence-corrected chi connectivity index (χ1v) is 11.3. The average Bonchev–Trinajstić information content (AvgIpc) is 2.75. The number of hydrogen-bond acceptors (Lipinski definition) is 4. The van der Waals surface area contributed by atoms with Crippen molar-refractivity contribution in [2.24, 2.45) is 0 Å². The second-order valence-electron chi connectivity index (χ2n) is 7.35. The summed E-state index contributed by atoms with van der Waals surface area (Å²) in [4.78, 5) is 2.29. The van der Waals surface area contributed by atoms with E-state index in [1.807, 2.05) is 36.4 Å². The van der Waals surface area contributed by atoms with Crippen LogP contribution in [0.4, 0.5) is 5.69 Å². The predicted octanol–water partition coefficient (Wildman–Crippen LogP) is 2.77. The van der Waals surface area contributed by atoms with Gasteiger partial charge >= 0.3 is 0 Å². The minimum absolute atomic E-state index is 0.155. The summed E-state index contributed by atoms with van der Waals surface area (Å²) >= 11 is 0. The van der Waals surface area contributed by atoms with Crippen LogP contribution in [-0.2, 0) is 15.7 Å². The van der Waals surface area contributed by atoms with Gasteiger partial charge in [0.25, 0.3) is 0 Å². The van der Waals surface area contributed by atoms with E-state index < -0.39 is 7.14 Å². The zero-order valence-corrected chi connectivity index (χ0v) is 16.4. The first-order chi connectivity index (χ1) is 13.7. The van der Waals surface area contributed by atoms with E-state index in [0.29, 0.717) is 13.2 Å². The van der Waals surface area contributed by atoms with E-state index in [-0.39, 0.29) is 5.75 Å². The molecule has 142 valence electrons. The van der Waals surface area contributed by atoms with Crippen LogP contribution in [0.15, 0.2) is 66.7 Å². The number of phenolic OH excluding ortho intramolecular Hbond substituents is 1. The lowest BCUT2D eigenvalue weighted by atomic mass is 10.0. The van der Waals surface area contributed by atoms with Crippen LogP contribution < -0.4 is 20.8 Å². The number of hydrogen-bond donors (Lipinski definition) is 1. The molecule has 3 aromatic rings. The Morgan fingerprint density at radius 2 is 1.54 bits per heavy atom. The predicted molar refractivity (Wildman–Crippen MR) is 113 cm³/mol. The first-order valence-electron chi connectivity index (χ1n) is 9.60. The molecule has 0 amide bonds. The number of anilines is 1. The van der Waals surface area contributed by atoms with Crippen molar-refractivity contribution in [2.75, 3.05) is 31.2 Å². The molecular formula is C23H22NO3P. The van der Waals surface area contributed by atoms with Gasteiger partial charge in [-0.1, -0.05) is 42.5 Å². The van der Waals surface area contributed by atoms with Crippen molar-refractivity contribution in [3.05, 3.63) is 77.9 Å². The van der Waals surface area contributed by atoms with Crippen LogP contribution in [0.3, 0.4) is 0 Å². The molecule has 0 aromatic heterocycles. The van der Waals surface area contributed by atoms with E-state index in [2.05, 4.69) is 23.1 Å². The molecule has 1 unspecified atom stereocenters. The molecule has 5 heteroatoms. The van der Waals surface area contributed by atoms with Crippen LogP contribution in [0.2, 0.25) is 0 Å². The zero-order valence-electron chi connectivity index (χ0n) is 15.5. The van der Waals surface area contributed by atoms with Gasteiger partial charge in [-0.3, -0.25) is 0 Å². The standard InChI is InChI=1S/C23H22NO3P/c25-20-9-7-18-14-17-6-8-19(24-10-12-27-13-11-24)15-22(17)28(26,23(18)16-20)21-4-2-1-3-5-21/h1-9,15-16,25H,10-14H2. The van der Waals surface area contributed by atoms with E-state index in [9.17, 15) is 9.67 Å². The van der Waals surface area contributed by atoms with Gasteiger partial charge in [0, 0.05) is 34.7 Å². The van der Waals surface area contributed by atoms with Crippen LogP contribution in [0.25, 0.3) is 0 Å². The Kier molecular flexibility index (Phi) is 4.26. The minimum atomic E-state index is -3.07.